The van der Waals surface area contributed by atoms with Crippen molar-refractivity contribution in [2.45, 2.75) is 65.6 Å². The van der Waals surface area contributed by atoms with E-state index >= 15 is 0 Å². The van der Waals surface area contributed by atoms with Crippen LogP contribution in [0.5, 0.6) is 11.5 Å². The summed E-state index contributed by atoms with van der Waals surface area (Å²) < 4.78 is 33.9. The fraction of sp³-hybridized carbons (Fsp3) is 0.541. The Bertz CT molecular complexity index is 1570. The highest BCUT2D eigenvalue weighted by molar-refractivity contribution is 6.30. The molecule has 1 fully saturated rings. The molecule has 4 rings (SSSR count). The van der Waals surface area contributed by atoms with Crippen LogP contribution in [0.25, 0.3) is 0 Å². The number of benzene rings is 2. The number of anilines is 1. The van der Waals surface area contributed by atoms with Crippen molar-refractivity contribution in [3.63, 3.8) is 0 Å². The number of amides is 2. The predicted octanol–water partition coefficient (Wildman–Crippen LogP) is 4.89. The van der Waals surface area contributed by atoms with Crippen molar-refractivity contribution in [2.75, 3.05) is 58.6 Å². The second-order valence-corrected chi connectivity index (χ2v) is 13.6. The number of methoxy groups -OCH3 is 2. The fourth-order valence-corrected chi connectivity index (χ4v) is 6.60. The van der Waals surface area contributed by atoms with E-state index in [1.54, 1.807) is 55.1 Å². The van der Waals surface area contributed by atoms with Crippen LogP contribution in [0.15, 0.2) is 36.4 Å². The van der Waals surface area contributed by atoms with Crippen molar-refractivity contribution in [3.8, 4) is 11.5 Å². The van der Waals surface area contributed by atoms with Crippen LogP contribution in [0.3, 0.4) is 0 Å². The lowest BCUT2D eigenvalue weighted by Crippen LogP contribution is -2.49. The summed E-state index contributed by atoms with van der Waals surface area (Å²) in [5.41, 5.74) is 0.424. The van der Waals surface area contributed by atoms with E-state index in [4.69, 9.17) is 40.0 Å². The Kier molecular flexibility index (Phi) is 13.7. The van der Waals surface area contributed by atoms with Gasteiger partial charge in [-0.15, -0.1) is 0 Å². The van der Waals surface area contributed by atoms with Crippen molar-refractivity contribution in [1.82, 2.24) is 4.90 Å². The lowest BCUT2D eigenvalue weighted by molar-refractivity contribution is -0.151. The van der Waals surface area contributed by atoms with E-state index in [0.29, 0.717) is 72.3 Å². The maximum absolute atomic E-state index is 14.7. The zero-order valence-corrected chi connectivity index (χ0v) is 30.8. The van der Waals surface area contributed by atoms with Crippen LogP contribution < -0.4 is 14.4 Å². The molecule has 0 bridgehead atoms. The molecule has 278 valence electrons. The van der Waals surface area contributed by atoms with Gasteiger partial charge < -0.3 is 38.2 Å². The maximum atomic E-state index is 14.7. The van der Waals surface area contributed by atoms with Crippen LogP contribution >= 0.6 is 11.6 Å². The topological polar surface area (TPSA) is 147 Å². The number of ether oxygens (including phenoxy) is 6. The number of likely N-dealkylation sites (tertiary alicyclic amines) is 1. The van der Waals surface area contributed by atoms with E-state index in [9.17, 15) is 24.0 Å². The molecule has 0 aliphatic carbocycles. The predicted molar refractivity (Wildman–Crippen MR) is 187 cm³/mol. The fourth-order valence-electron chi connectivity index (χ4n) is 6.42. The number of esters is 3. The first-order chi connectivity index (χ1) is 24.3. The largest absolute Gasteiger partial charge is 0.493 e. The smallest absolute Gasteiger partial charge is 0.306 e. The van der Waals surface area contributed by atoms with Gasteiger partial charge in [0.25, 0.3) is 5.91 Å². The minimum atomic E-state index is -1.28. The summed E-state index contributed by atoms with van der Waals surface area (Å²) >= 11 is 6.56. The number of piperidine rings is 1. The molecule has 0 radical (unpaired) electrons. The number of carbonyl (C=O) groups is 5. The van der Waals surface area contributed by atoms with E-state index in [0.717, 1.165) is 0 Å². The third-order valence-electron chi connectivity index (χ3n) is 9.00. The molecule has 2 aromatic rings. The molecular weight excluding hydrogens is 684 g/mol. The molecule has 0 aromatic heterocycles. The Morgan fingerprint density at radius 1 is 0.922 bits per heavy atom. The molecule has 0 unspecified atom stereocenters. The molecule has 1 saturated heterocycles. The van der Waals surface area contributed by atoms with Gasteiger partial charge in [-0.1, -0.05) is 30.7 Å². The number of rotatable bonds is 14. The molecule has 2 aromatic carbocycles. The molecule has 51 heavy (non-hydrogen) atoms. The van der Waals surface area contributed by atoms with Crippen molar-refractivity contribution in [2.24, 2.45) is 11.3 Å². The molecule has 2 atom stereocenters. The number of hydrogen-bond acceptors (Lipinski definition) is 11. The Balaban J connectivity index is 1.75. The minimum Gasteiger partial charge on any atom is -0.493 e. The summed E-state index contributed by atoms with van der Waals surface area (Å²) in [6.07, 6.45) is -0.984. The molecular formula is C37H47ClN2O11. The molecule has 14 heteroatoms. The molecule has 0 spiro atoms. The van der Waals surface area contributed by atoms with Crippen molar-refractivity contribution in [3.05, 3.63) is 52.5 Å². The second kappa shape index (κ2) is 17.7. The summed E-state index contributed by atoms with van der Waals surface area (Å²) in [7, 11) is 3.01. The van der Waals surface area contributed by atoms with Gasteiger partial charge in [-0.2, -0.15) is 0 Å². The van der Waals surface area contributed by atoms with E-state index in [1.165, 1.54) is 33.0 Å². The lowest BCUT2D eigenvalue weighted by Gasteiger charge is -2.36. The standard InChI is InChI=1S/C37H47ClN2O11/c1-7-48-33(44)17-25-13-15-39(16-14-25)32(43)19-31-36(45)40(20-37(4,21-49-23(2)41)22-50-24(3)42)29-12-11-26(38)18-28(29)34(51-31)27-9-8-10-30(46-5)35(27)47-6/h8-12,18,25,31,34H,7,13-17,19-22H2,1-6H3/t31-,34-/m1/s1. The summed E-state index contributed by atoms with van der Waals surface area (Å²) in [5.74, 6) is -1.24. The maximum Gasteiger partial charge on any atom is 0.306 e. The Hall–Kier alpha value is -4.36. The summed E-state index contributed by atoms with van der Waals surface area (Å²) in [6.45, 7) is 6.77. The molecule has 2 amide bonds. The zero-order valence-electron chi connectivity index (χ0n) is 30.0. The number of halogens is 1. The molecule has 0 saturated carbocycles. The Morgan fingerprint density at radius 2 is 1.59 bits per heavy atom. The van der Waals surface area contributed by atoms with E-state index < -0.39 is 35.5 Å². The number of para-hydroxylation sites is 1. The number of carbonyl (C=O) groups excluding carboxylic acids is 5. The van der Waals surface area contributed by atoms with Gasteiger partial charge in [0.15, 0.2) is 11.5 Å². The Labute approximate surface area is 303 Å². The second-order valence-electron chi connectivity index (χ2n) is 13.1. The summed E-state index contributed by atoms with van der Waals surface area (Å²) in [6, 6.07) is 10.3. The number of hydrogen-bond donors (Lipinski definition) is 0. The summed E-state index contributed by atoms with van der Waals surface area (Å²) in [5, 5.41) is 0.374. The zero-order chi connectivity index (χ0) is 37.3. The van der Waals surface area contributed by atoms with Crippen LogP contribution in [0.1, 0.15) is 70.6 Å². The number of nitrogens with zero attached hydrogens (tertiary/aromatic N) is 2. The quantitative estimate of drug-likeness (QED) is 0.193. The third kappa shape index (κ3) is 10.1. The van der Waals surface area contributed by atoms with Gasteiger partial charge in [0, 0.05) is 61.7 Å². The van der Waals surface area contributed by atoms with E-state index in [1.807, 2.05) is 0 Å². The number of fused-ring (bicyclic) bond motifs is 1. The monoisotopic (exact) mass is 730 g/mol. The van der Waals surface area contributed by atoms with Crippen molar-refractivity contribution < 1.29 is 52.4 Å². The van der Waals surface area contributed by atoms with E-state index in [2.05, 4.69) is 0 Å². The van der Waals surface area contributed by atoms with Gasteiger partial charge >= 0.3 is 17.9 Å². The summed E-state index contributed by atoms with van der Waals surface area (Å²) in [4.78, 5) is 67.6. The average molecular weight is 731 g/mol. The first-order valence-electron chi connectivity index (χ1n) is 17.0. The van der Waals surface area contributed by atoms with Gasteiger partial charge in [-0.05, 0) is 49.9 Å². The first kappa shape index (κ1) is 39.4. The lowest BCUT2D eigenvalue weighted by atomic mass is 9.90. The highest BCUT2D eigenvalue weighted by atomic mass is 35.5. The van der Waals surface area contributed by atoms with Gasteiger partial charge in [0.05, 0.1) is 32.7 Å². The highest BCUT2D eigenvalue weighted by Crippen LogP contribution is 2.46. The first-order valence-corrected chi connectivity index (χ1v) is 17.3. The van der Waals surface area contributed by atoms with Crippen LogP contribution in [0, 0.1) is 11.3 Å². The van der Waals surface area contributed by atoms with Crippen molar-refractivity contribution >= 4 is 47.0 Å². The molecule has 2 aliphatic heterocycles. The van der Waals surface area contributed by atoms with Crippen LogP contribution in [-0.4, -0.2) is 94.4 Å². The van der Waals surface area contributed by atoms with Crippen LogP contribution in [0.2, 0.25) is 5.02 Å². The van der Waals surface area contributed by atoms with Crippen LogP contribution in [-0.2, 0) is 42.9 Å². The molecule has 2 heterocycles. The Morgan fingerprint density at radius 3 is 2.18 bits per heavy atom. The van der Waals surface area contributed by atoms with Gasteiger partial charge in [0.1, 0.15) is 25.4 Å². The highest BCUT2D eigenvalue weighted by Gasteiger charge is 2.43. The molecule has 0 N–H and O–H groups in total. The van der Waals surface area contributed by atoms with Crippen molar-refractivity contribution in [1.29, 1.82) is 0 Å². The van der Waals surface area contributed by atoms with E-state index in [-0.39, 0.29) is 44.0 Å². The molecule has 2 aliphatic rings. The normalized spacial score (nSPS) is 18.0. The molecule has 13 nitrogen and oxygen atoms in total. The third-order valence-corrected chi connectivity index (χ3v) is 9.23. The van der Waals surface area contributed by atoms with Gasteiger partial charge in [0.2, 0.25) is 5.91 Å². The van der Waals surface area contributed by atoms with Gasteiger partial charge in [-0.3, -0.25) is 24.0 Å². The van der Waals surface area contributed by atoms with Crippen LogP contribution in [0.4, 0.5) is 5.69 Å². The minimum absolute atomic E-state index is 0.0731. The SMILES string of the molecule is CCOC(=O)CC1CCN(C(=O)C[C@H]2O[C@H](c3cccc(OC)c3OC)c3cc(Cl)ccc3N(CC(C)(COC(C)=O)COC(C)=O)C2=O)CC1. The van der Waals surface area contributed by atoms with Gasteiger partial charge in [-0.25, -0.2) is 0 Å². The average Bonchev–Trinajstić information content (AvgIpc) is 3.20.